The van der Waals surface area contributed by atoms with Crippen molar-refractivity contribution in [1.82, 2.24) is 14.9 Å². The van der Waals surface area contributed by atoms with Crippen LogP contribution in [0.5, 0.6) is 0 Å². The molecule has 0 saturated heterocycles. The molecule has 1 aromatic heterocycles. The first kappa shape index (κ1) is 14.2. The highest BCUT2D eigenvalue weighted by Crippen LogP contribution is 2.24. The summed E-state index contributed by atoms with van der Waals surface area (Å²) in [4.78, 5) is 33.6. The Morgan fingerprint density at radius 3 is 2.64 bits per heavy atom. The third-order valence-electron chi connectivity index (χ3n) is 3.79. The molecule has 3 rings (SSSR count). The lowest BCUT2D eigenvalue weighted by Gasteiger charge is -2.34. The number of hydrogen-bond donors (Lipinski definition) is 1. The minimum Gasteiger partial charge on any atom is -0.480 e. The smallest absolute Gasteiger partial charge is 0.326 e. The van der Waals surface area contributed by atoms with Crippen LogP contribution in [-0.2, 0) is 17.8 Å². The second-order valence-corrected chi connectivity index (χ2v) is 5.25. The molecule has 1 N–H and O–H groups in total. The number of rotatable bonds is 2. The van der Waals surface area contributed by atoms with Crippen molar-refractivity contribution < 1.29 is 14.7 Å². The summed E-state index contributed by atoms with van der Waals surface area (Å²) in [7, 11) is 0. The maximum Gasteiger partial charge on any atom is 0.326 e. The Morgan fingerprint density at radius 2 is 1.95 bits per heavy atom. The van der Waals surface area contributed by atoms with Gasteiger partial charge in [0.05, 0.1) is 0 Å². The molecule has 112 valence electrons. The molecule has 1 unspecified atom stereocenters. The second kappa shape index (κ2) is 5.55. The molecule has 1 aromatic carbocycles. The summed E-state index contributed by atoms with van der Waals surface area (Å²) in [5, 5.41) is 9.46. The van der Waals surface area contributed by atoms with Crippen LogP contribution in [0.2, 0.25) is 0 Å². The number of amides is 1. The molecule has 2 aromatic rings. The van der Waals surface area contributed by atoms with Crippen LogP contribution in [0.4, 0.5) is 0 Å². The molecule has 6 heteroatoms. The zero-order valence-electron chi connectivity index (χ0n) is 12.1. The van der Waals surface area contributed by atoms with E-state index in [4.69, 9.17) is 0 Å². The van der Waals surface area contributed by atoms with Crippen LogP contribution in [0, 0.1) is 6.92 Å². The van der Waals surface area contributed by atoms with Crippen LogP contribution >= 0.6 is 0 Å². The molecule has 0 radical (unpaired) electrons. The fraction of sp³-hybridized carbons (Fsp3) is 0.250. The number of aliphatic carboxylic acids is 1. The molecule has 6 nitrogen and oxygen atoms in total. The number of carboxylic acid groups (broad SMARTS) is 1. The summed E-state index contributed by atoms with van der Waals surface area (Å²) in [5.41, 5.74) is 2.16. The van der Waals surface area contributed by atoms with Crippen molar-refractivity contribution >= 4 is 11.9 Å². The van der Waals surface area contributed by atoms with Crippen LogP contribution in [0.1, 0.15) is 27.4 Å². The van der Waals surface area contributed by atoms with E-state index >= 15 is 0 Å². The van der Waals surface area contributed by atoms with Gasteiger partial charge in [-0.25, -0.2) is 14.8 Å². The van der Waals surface area contributed by atoms with Crippen molar-refractivity contribution in [3.63, 3.8) is 0 Å². The van der Waals surface area contributed by atoms with E-state index in [1.165, 1.54) is 17.2 Å². The van der Waals surface area contributed by atoms with E-state index in [-0.39, 0.29) is 18.1 Å². The van der Waals surface area contributed by atoms with Gasteiger partial charge in [-0.15, -0.1) is 0 Å². The second-order valence-electron chi connectivity index (χ2n) is 5.25. The third-order valence-corrected chi connectivity index (χ3v) is 3.79. The molecular formula is C16H15N3O3. The number of fused-ring (bicyclic) bond motifs is 1. The standard InChI is InChI=1S/C16H15N3O3/c1-10-17-7-6-13(18-10)15(20)19-9-12-5-3-2-4-11(12)8-14(19)16(21)22/h2-7,14H,8-9H2,1H3,(H,21,22). The Morgan fingerprint density at radius 1 is 1.23 bits per heavy atom. The zero-order chi connectivity index (χ0) is 15.7. The van der Waals surface area contributed by atoms with Gasteiger partial charge in [0.2, 0.25) is 0 Å². The molecule has 2 heterocycles. The quantitative estimate of drug-likeness (QED) is 0.906. The highest BCUT2D eigenvalue weighted by atomic mass is 16.4. The number of aryl methyl sites for hydroxylation is 1. The Kier molecular flexibility index (Phi) is 3.58. The van der Waals surface area contributed by atoms with Gasteiger partial charge < -0.3 is 10.0 Å². The Balaban J connectivity index is 1.97. The van der Waals surface area contributed by atoms with Crippen molar-refractivity contribution in [3.8, 4) is 0 Å². The summed E-state index contributed by atoms with van der Waals surface area (Å²) in [6, 6.07) is 8.22. The van der Waals surface area contributed by atoms with Crippen LogP contribution in [0.25, 0.3) is 0 Å². The predicted molar refractivity (Wildman–Crippen MR) is 78.2 cm³/mol. The summed E-state index contributed by atoms with van der Waals surface area (Å²) in [6.45, 7) is 1.96. The third kappa shape index (κ3) is 2.55. The fourth-order valence-corrected chi connectivity index (χ4v) is 2.68. The largest absolute Gasteiger partial charge is 0.480 e. The molecule has 0 bridgehead atoms. The minimum atomic E-state index is -1.01. The number of carboxylic acids is 1. The number of nitrogens with zero attached hydrogens (tertiary/aromatic N) is 3. The lowest BCUT2D eigenvalue weighted by Crippen LogP contribution is -2.48. The predicted octanol–water partition coefficient (Wildman–Crippen LogP) is 1.44. The van der Waals surface area contributed by atoms with Crippen LogP contribution < -0.4 is 0 Å². The molecule has 1 aliphatic rings. The Bertz CT molecular complexity index is 745. The molecule has 1 aliphatic heterocycles. The first-order chi connectivity index (χ1) is 10.6. The summed E-state index contributed by atoms with van der Waals surface area (Å²) in [5.74, 6) is -0.906. The summed E-state index contributed by atoms with van der Waals surface area (Å²) < 4.78 is 0. The summed E-state index contributed by atoms with van der Waals surface area (Å²) >= 11 is 0. The fourth-order valence-electron chi connectivity index (χ4n) is 2.68. The highest BCUT2D eigenvalue weighted by Gasteiger charge is 2.35. The van der Waals surface area contributed by atoms with Gasteiger partial charge in [-0.3, -0.25) is 4.79 Å². The number of benzene rings is 1. The molecule has 22 heavy (non-hydrogen) atoms. The van der Waals surface area contributed by atoms with Crippen LogP contribution in [0.3, 0.4) is 0 Å². The average molecular weight is 297 g/mol. The maximum atomic E-state index is 12.6. The van der Waals surface area contributed by atoms with Crippen molar-refractivity contribution in [3.05, 3.63) is 59.2 Å². The van der Waals surface area contributed by atoms with Gasteiger partial charge in [0.15, 0.2) is 0 Å². The maximum absolute atomic E-state index is 12.6. The average Bonchev–Trinajstić information content (AvgIpc) is 2.52. The van der Waals surface area contributed by atoms with Crippen molar-refractivity contribution in [2.45, 2.75) is 25.9 Å². The molecule has 0 spiro atoms. The van der Waals surface area contributed by atoms with Gasteiger partial charge >= 0.3 is 5.97 Å². The van der Waals surface area contributed by atoms with Crippen LogP contribution in [0.15, 0.2) is 36.5 Å². The molecule has 1 amide bonds. The van der Waals surface area contributed by atoms with E-state index < -0.39 is 12.0 Å². The van der Waals surface area contributed by atoms with E-state index in [0.717, 1.165) is 11.1 Å². The lowest BCUT2D eigenvalue weighted by molar-refractivity contribution is -0.142. The van der Waals surface area contributed by atoms with E-state index in [1.807, 2.05) is 24.3 Å². The SMILES string of the molecule is Cc1nccc(C(=O)N2Cc3ccccc3CC2C(=O)O)n1. The van der Waals surface area contributed by atoms with Gasteiger partial charge in [0, 0.05) is 19.2 Å². The number of aromatic nitrogens is 2. The van der Waals surface area contributed by atoms with Gasteiger partial charge in [0.1, 0.15) is 17.6 Å². The van der Waals surface area contributed by atoms with Gasteiger partial charge in [-0.1, -0.05) is 24.3 Å². The molecule has 0 saturated carbocycles. The van der Waals surface area contributed by atoms with Crippen molar-refractivity contribution in [2.75, 3.05) is 0 Å². The highest BCUT2D eigenvalue weighted by molar-refractivity contribution is 5.95. The Hall–Kier alpha value is -2.76. The van der Waals surface area contributed by atoms with E-state index in [9.17, 15) is 14.7 Å². The van der Waals surface area contributed by atoms with Gasteiger partial charge in [-0.05, 0) is 24.1 Å². The molecule has 1 atom stereocenters. The van der Waals surface area contributed by atoms with E-state index in [2.05, 4.69) is 9.97 Å². The number of hydrogen-bond acceptors (Lipinski definition) is 4. The normalized spacial score (nSPS) is 17.0. The number of carbonyl (C=O) groups excluding carboxylic acids is 1. The topological polar surface area (TPSA) is 83.4 Å². The van der Waals surface area contributed by atoms with Gasteiger partial charge in [-0.2, -0.15) is 0 Å². The first-order valence-electron chi connectivity index (χ1n) is 6.96. The molecule has 0 aliphatic carbocycles. The number of carbonyl (C=O) groups is 2. The van der Waals surface area contributed by atoms with E-state index in [1.54, 1.807) is 6.92 Å². The first-order valence-corrected chi connectivity index (χ1v) is 6.96. The van der Waals surface area contributed by atoms with Crippen molar-refractivity contribution in [2.24, 2.45) is 0 Å². The van der Waals surface area contributed by atoms with Crippen molar-refractivity contribution in [1.29, 1.82) is 0 Å². The monoisotopic (exact) mass is 297 g/mol. The van der Waals surface area contributed by atoms with Crippen LogP contribution in [-0.4, -0.2) is 37.9 Å². The Labute approximate surface area is 127 Å². The van der Waals surface area contributed by atoms with E-state index in [0.29, 0.717) is 12.2 Å². The molecule has 0 fully saturated rings. The summed E-state index contributed by atoms with van der Waals surface area (Å²) in [6.07, 6.45) is 1.81. The van der Waals surface area contributed by atoms with Gasteiger partial charge in [0.25, 0.3) is 5.91 Å². The lowest BCUT2D eigenvalue weighted by atomic mass is 9.93. The molecular weight excluding hydrogens is 282 g/mol. The zero-order valence-corrected chi connectivity index (χ0v) is 12.1. The minimum absolute atomic E-state index is 0.220.